The van der Waals surface area contributed by atoms with Crippen molar-refractivity contribution in [2.24, 2.45) is 0 Å². The van der Waals surface area contributed by atoms with Gasteiger partial charge in [0.15, 0.2) is 12.9 Å². The summed E-state index contributed by atoms with van der Waals surface area (Å²) in [5.74, 6) is 0. The quantitative estimate of drug-likeness (QED) is 0.724. The molecule has 2 nitrogen and oxygen atoms in total. The van der Waals surface area contributed by atoms with Crippen LogP contribution in [0.5, 0.6) is 0 Å². The average Bonchev–Trinajstić information content (AvgIpc) is 1.65. The first-order valence-corrected chi connectivity index (χ1v) is 5.84. The second-order valence-electron chi connectivity index (χ2n) is 1.90. The fraction of sp³-hybridized carbons (Fsp3) is 1.00. The number of rotatable bonds is 2. The van der Waals surface area contributed by atoms with E-state index < -0.39 is 12.9 Å². The van der Waals surface area contributed by atoms with Gasteiger partial charge in [-0.3, -0.25) is 0 Å². The Labute approximate surface area is 72.2 Å². The van der Waals surface area contributed by atoms with E-state index in [-0.39, 0.29) is 5.25 Å². The molecule has 0 aromatic rings. The molecule has 0 spiro atoms. The Morgan fingerprint density at radius 3 is 1.56 bits per heavy atom. The third kappa shape index (κ3) is 2.55. The van der Waals surface area contributed by atoms with Gasteiger partial charge in [-0.05, 0) is 13.8 Å². The van der Waals surface area contributed by atoms with E-state index >= 15 is 0 Å². The Hall–Kier alpha value is 0.910. The molecule has 56 valence electrons. The van der Waals surface area contributed by atoms with Crippen LogP contribution >= 0.6 is 31.9 Å². The molecule has 0 aromatic heterocycles. The minimum absolute atomic E-state index is 0.332. The van der Waals surface area contributed by atoms with Gasteiger partial charge in [0.05, 0.1) is 5.25 Å². The summed E-state index contributed by atoms with van der Waals surface area (Å²) in [6.45, 7) is 3.29. The summed E-state index contributed by atoms with van der Waals surface area (Å²) in [7, 11) is -2.98. The predicted octanol–water partition coefficient (Wildman–Crippen LogP) is 1.88. The maximum Gasteiger partial charge on any atom is 0.175 e. The lowest BCUT2D eigenvalue weighted by Gasteiger charge is -2.06. The average molecular weight is 280 g/mol. The van der Waals surface area contributed by atoms with Crippen molar-refractivity contribution < 1.29 is 8.42 Å². The van der Waals surface area contributed by atoms with Crippen LogP contribution in [-0.2, 0) is 9.84 Å². The van der Waals surface area contributed by atoms with Crippen LogP contribution in [0.1, 0.15) is 13.8 Å². The van der Waals surface area contributed by atoms with Crippen molar-refractivity contribution in [3.05, 3.63) is 0 Å². The fourth-order valence-corrected chi connectivity index (χ4v) is 3.21. The Morgan fingerprint density at radius 1 is 1.22 bits per heavy atom. The lowest BCUT2D eigenvalue weighted by atomic mass is 10.6. The zero-order valence-electron chi connectivity index (χ0n) is 5.14. The lowest BCUT2D eigenvalue weighted by Crippen LogP contribution is -2.19. The van der Waals surface area contributed by atoms with E-state index in [0.717, 1.165) is 0 Å². The van der Waals surface area contributed by atoms with Crippen molar-refractivity contribution in [1.82, 2.24) is 0 Å². The number of halogens is 2. The minimum Gasteiger partial charge on any atom is -0.227 e. The molecule has 0 saturated heterocycles. The van der Waals surface area contributed by atoms with Crippen molar-refractivity contribution >= 4 is 41.7 Å². The van der Waals surface area contributed by atoms with Crippen molar-refractivity contribution in [1.29, 1.82) is 0 Å². The molecule has 0 N–H and O–H groups in total. The van der Waals surface area contributed by atoms with Crippen LogP contribution < -0.4 is 0 Å². The topological polar surface area (TPSA) is 34.1 Å². The second kappa shape index (κ2) is 3.34. The van der Waals surface area contributed by atoms with E-state index in [2.05, 4.69) is 31.9 Å². The number of sulfone groups is 1. The third-order valence-corrected chi connectivity index (χ3v) is 5.84. The van der Waals surface area contributed by atoms with Gasteiger partial charge in [0, 0.05) is 0 Å². The molecule has 5 heteroatoms. The molecule has 0 rings (SSSR count). The maximum absolute atomic E-state index is 10.9. The first-order valence-electron chi connectivity index (χ1n) is 2.40. The van der Waals surface area contributed by atoms with Gasteiger partial charge in [-0.15, -0.1) is 0 Å². The van der Waals surface area contributed by atoms with Crippen LogP contribution in [0.25, 0.3) is 0 Å². The van der Waals surface area contributed by atoms with Gasteiger partial charge in [-0.1, -0.05) is 31.9 Å². The molecule has 0 amide bonds. The zero-order valence-corrected chi connectivity index (χ0v) is 9.12. The highest BCUT2D eigenvalue weighted by atomic mass is 79.9. The molecular formula is C4H8Br2O2S. The highest BCUT2D eigenvalue weighted by molar-refractivity contribution is 9.27. The summed E-state index contributed by atoms with van der Waals surface area (Å²) >= 11 is 5.85. The molecule has 9 heavy (non-hydrogen) atoms. The van der Waals surface area contributed by atoms with Crippen molar-refractivity contribution in [2.75, 3.05) is 0 Å². The Bertz CT molecular complexity index is 157. The van der Waals surface area contributed by atoms with E-state index in [9.17, 15) is 8.42 Å². The second-order valence-corrected chi connectivity index (χ2v) is 8.76. The molecule has 0 fully saturated rings. The van der Waals surface area contributed by atoms with Gasteiger partial charge in [0.2, 0.25) is 0 Å². The van der Waals surface area contributed by atoms with Gasteiger partial charge in [-0.25, -0.2) is 8.42 Å². The highest BCUT2D eigenvalue weighted by Gasteiger charge is 2.22. The largest absolute Gasteiger partial charge is 0.227 e. The van der Waals surface area contributed by atoms with Crippen LogP contribution in [0, 0.1) is 0 Å². The molecular weight excluding hydrogens is 272 g/mol. The van der Waals surface area contributed by atoms with Gasteiger partial charge in [0.25, 0.3) is 0 Å². The minimum atomic E-state index is -2.98. The molecule has 0 saturated carbocycles. The van der Waals surface area contributed by atoms with Crippen LogP contribution in [0.3, 0.4) is 0 Å². The monoisotopic (exact) mass is 278 g/mol. The van der Waals surface area contributed by atoms with E-state index in [0.29, 0.717) is 0 Å². The van der Waals surface area contributed by atoms with Crippen molar-refractivity contribution in [2.45, 2.75) is 22.2 Å². The zero-order chi connectivity index (χ0) is 7.65. The molecule has 0 aliphatic rings. The van der Waals surface area contributed by atoms with Crippen LogP contribution in [0.4, 0.5) is 0 Å². The van der Waals surface area contributed by atoms with Gasteiger partial charge < -0.3 is 0 Å². The normalized spacial score (nSPS) is 13.1. The fourth-order valence-electron chi connectivity index (χ4n) is 0.206. The lowest BCUT2D eigenvalue weighted by molar-refractivity contribution is 0.591. The first-order chi connectivity index (χ1) is 3.89. The van der Waals surface area contributed by atoms with Crippen molar-refractivity contribution in [3.8, 4) is 0 Å². The highest BCUT2D eigenvalue weighted by Crippen LogP contribution is 2.20. The maximum atomic E-state index is 10.9. The van der Waals surface area contributed by atoms with Crippen molar-refractivity contribution in [3.63, 3.8) is 0 Å². The van der Waals surface area contributed by atoms with Crippen LogP contribution in [-0.4, -0.2) is 16.7 Å². The van der Waals surface area contributed by atoms with E-state index in [1.54, 1.807) is 13.8 Å². The molecule has 0 heterocycles. The molecule has 0 unspecified atom stereocenters. The summed E-state index contributed by atoms with van der Waals surface area (Å²) in [6.07, 6.45) is 0. The SMILES string of the molecule is CC(C)S(=O)(=O)C(Br)Br. The summed E-state index contributed by atoms with van der Waals surface area (Å²) in [4.78, 5) is 0. The van der Waals surface area contributed by atoms with Gasteiger partial charge in [0.1, 0.15) is 0 Å². The molecule has 0 bridgehead atoms. The standard InChI is InChI=1S/C4H8Br2O2S/c1-3(2)9(7,8)4(5)6/h3-4H,1-2H3. The molecule has 0 radical (unpaired) electrons. The number of alkyl halides is 2. The van der Waals surface area contributed by atoms with E-state index in [4.69, 9.17) is 0 Å². The summed E-state index contributed by atoms with van der Waals surface area (Å²) in [5, 5.41) is -0.332. The van der Waals surface area contributed by atoms with Crippen LogP contribution in [0.2, 0.25) is 0 Å². The summed E-state index contributed by atoms with van der Waals surface area (Å²) < 4.78 is 21.3. The first kappa shape index (κ1) is 9.91. The smallest absolute Gasteiger partial charge is 0.175 e. The Morgan fingerprint density at radius 2 is 1.56 bits per heavy atom. The third-order valence-electron chi connectivity index (χ3n) is 0.905. The molecule has 0 aliphatic carbocycles. The Kier molecular flexibility index (Phi) is 3.68. The Balaban J connectivity index is 4.42. The molecule has 0 aromatic carbocycles. The predicted molar refractivity (Wildman–Crippen MR) is 45.7 cm³/mol. The van der Waals surface area contributed by atoms with Gasteiger partial charge >= 0.3 is 0 Å². The van der Waals surface area contributed by atoms with Gasteiger partial charge in [-0.2, -0.15) is 0 Å². The molecule has 0 atom stereocenters. The summed E-state index contributed by atoms with van der Waals surface area (Å²) in [5.41, 5.74) is 0. The number of hydrogen-bond acceptors (Lipinski definition) is 2. The van der Waals surface area contributed by atoms with E-state index in [1.807, 2.05) is 0 Å². The summed E-state index contributed by atoms with van der Waals surface area (Å²) in [6, 6.07) is 0. The number of hydrogen-bond donors (Lipinski definition) is 0. The molecule has 0 aliphatic heterocycles. The van der Waals surface area contributed by atoms with Crippen LogP contribution in [0.15, 0.2) is 0 Å². The van der Waals surface area contributed by atoms with E-state index in [1.165, 1.54) is 0 Å².